The van der Waals surface area contributed by atoms with Gasteiger partial charge in [-0.15, -0.1) is 0 Å². The molecule has 1 aromatic heterocycles. The van der Waals surface area contributed by atoms with Gasteiger partial charge in [0.1, 0.15) is 16.9 Å². The molecule has 0 saturated heterocycles. The Morgan fingerprint density at radius 2 is 1.70 bits per heavy atom. The van der Waals surface area contributed by atoms with Crippen molar-refractivity contribution < 1.29 is 19.0 Å². The van der Waals surface area contributed by atoms with Gasteiger partial charge in [-0.2, -0.15) is 4.89 Å². The van der Waals surface area contributed by atoms with Gasteiger partial charge in [0.05, 0.1) is 7.11 Å². The minimum absolute atomic E-state index is 0.369. The number of rotatable bonds is 3. The first kappa shape index (κ1) is 12.4. The van der Waals surface area contributed by atoms with Gasteiger partial charge in [-0.05, 0) is 6.07 Å². The molecule has 0 aliphatic carbocycles. The molecule has 0 saturated carbocycles. The van der Waals surface area contributed by atoms with Crippen molar-refractivity contribution in [1.29, 1.82) is 0 Å². The average Bonchev–Trinajstić information content (AvgIpc) is 2.88. The molecular formula is C16H12O4. The van der Waals surface area contributed by atoms with Crippen molar-refractivity contribution in [2.75, 3.05) is 7.11 Å². The zero-order valence-corrected chi connectivity index (χ0v) is 10.8. The third-order valence-electron chi connectivity index (χ3n) is 2.99. The molecule has 0 bridgehead atoms. The van der Waals surface area contributed by atoms with Crippen LogP contribution in [-0.4, -0.2) is 13.1 Å². The number of hydrogen-bond acceptors (Lipinski definition) is 4. The summed E-state index contributed by atoms with van der Waals surface area (Å²) in [5.41, 5.74) is 1.81. The fourth-order valence-electron chi connectivity index (χ4n) is 2.16. The highest BCUT2D eigenvalue weighted by molar-refractivity contribution is 6.08. The molecule has 0 amide bonds. The summed E-state index contributed by atoms with van der Waals surface area (Å²) in [5.74, 6) is -0.0925. The normalized spacial score (nSPS) is 10.7. The van der Waals surface area contributed by atoms with Crippen LogP contribution >= 0.6 is 0 Å². The summed E-state index contributed by atoms with van der Waals surface area (Å²) >= 11 is 0. The number of carbonyl (C=O) groups is 1. The predicted molar refractivity (Wildman–Crippen MR) is 74.1 cm³/mol. The third kappa shape index (κ3) is 2.06. The van der Waals surface area contributed by atoms with Crippen LogP contribution in [0.1, 0.15) is 10.4 Å². The van der Waals surface area contributed by atoms with E-state index in [4.69, 9.17) is 4.42 Å². The molecule has 4 nitrogen and oxygen atoms in total. The Morgan fingerprint density at radius 3 is 2.45 bits per heavy atom. The van der Waals surface area contributed by atoms with Gasteiger partial charge in [0, 0.05) is 10.9 Å². The number of benzene rings is 2. The monoisotopic (exact) mass is 268 g/mol. The van der Waals surface area contributed by atoms with Gasteiger partial charge < -0.3 is 4.42 Å². The van der Waals surface area contributed by atoms with Crippen molar-refractivity contribution in [1.82, 2.24) is 0 Å². The van der Waals surface area contributed by atoms with Crippen LogP contribution in [0.25, 0.3) is 22.3 Å². The molecule has 20 heavy (non-hydrogen) atoms. The van der Waals surface area contributed by atoms with Crippen molar-refractivity contribution in [3.8, 4) is 11.3 Å². The SMILES string of the molecule is COOC(=O)c1c(-c2ccccc2)oc2ccccc12. The van der Waals surface area contributed by atoms with E-state index in [1.165, 1.54) is 7.11 Å². The van der Waals surface area contributed by atoms with Crippen LogP contribution in [0, 0.1) is 0 Å². The van der Waals surface area contributed by atoms with E-state index in [1.54, 1.807) is 0 Å². The lowest BCUT2D eigenvalue weighted by atomic mass is 10.1. The molecule has 0 aliphatic rings. The van der Waals surface area contributed by atoms with Gasteiger partial charge >= 0.3 is 5.97 Å². The highest BCUT2D eigenvalue weighted by Gasteiger charge is 2.23. The second-order valence-corrected chi connectivity index (χ2v) is 4.21. The molecule has 1 heterocycles. The summed E-state index contributed by atoms with van der Waals surface area (Å²) in [6.45, 7) is 0. The smallest absolute Gasteiger partial charge is 0.377 e. The largest absolute Gasteiger partial charge is 0.455 e. The van der Waals surface area contributed by atoms with E-state index in [2.05, 4.69) is 9.78 Å². The van der Waals surface area contributed by atoms with E-state index in [9.17, 15) is 4.79 Å². The Kier molecular flexibility index (Phi) is 3.23. The Hall–Kier alpha value is -2.59. The summed E-state index contributed by atoms with van der Waals surface area (Å²) in [6.07, 6.45) is 0. The average molecular weight is 268 g/mol. The van der Waals surface area contributed by atoms with E-state index in [0.717, 1.165) is 5.56 Å². The molecule has 0 N–H and O–H groups in total. The molecule has 3 rings (SSSR count). The fraction of sp³-hybridized carbons (Fsp3) is 0.0625. The van der Waals surface area contributed by atoms with Gasteiger partial charge in [-0.3, -0.25) is 4.89 Å². The molecule has 0 spiro atoms. The first-order valence-electron chi connectivity index (χ1n) is 6.13. The molecule has 4 heteroatoms. The van der Waals surface area contributed by atoms with Crippen LogP contribution in [0.2, 0.25) is 0 Å². The van der Waals surface area contributed by atoms with Crippen LogP contribution in [0.3, 0.4) is 0 Å². The van der Waals surface area contributed by atoms with E-state index in [0.29, 0.717) is 22.3 Å². The molecule has 100 valence electrons. The topological polar surface area (TPSA) is 48.7 Å². The van der Waals surface area contributed by atoms with Gasteiger partial charge in [-0.1, -0.05) is 48.5 Å². The number of hydrogen-bond donors (Lipinski definition) is 0. The lowest BCUT2D eigenvalue weighted by Crippen LogP contribution is -2.04. The van der Waals surface area contributed by atoms with Gasteiger partial charge in [0.15, 0.2) is 0 Å². The first-order chi connectivity index (χ1) is 9.81. The van der Waals surface area contributed by atoms with E-state index < -0.39 is 5.97 Å². The zero-order valence-electron chi connectivity index (χ0n) is 10.8. The number of carbonyl (C=O) groups excluding carboxylic acids is 1. The van der Waals surface area contributed by atoms with E-state index in [1.807, 2.05) is 54.6 Å². The number of fused-ring (bicyclic) bond motifs is 1. The Labute approximate surface area is 115 Å². The Balaban J connectivity index is 2.25. The Morgan fingerprint density at radius 1 is 1.00 bits per heavy atom. The van der Waals surface area contributed by atoms with Crippen molar-refractivity contribution >= 4 is 16.9 Å². The minimum atomic E-state index is -0.573. The fourth-order valence-corrected chi connectivity index (χ4v) is 2.16. The Bertz CT molecular complexity index is 744. The molecule has 2 aromatic carbocycles. The van der Waals surface area contributed by atoms with Crippen molar-refractivity contribution in [3.63, 3.8) is 0 Å². The maximum absolute atomic E-state index is 12.1. The predicted octanol–water partition coefficient (Wildman–Crippen LogP) is 3.82. The van der Waals surface area contributed by atoms with Crippen LogP contribution in [0.4, 0.5) is 0 Å². The maximum Gasteiger partial charge on any atom is 0.377 e. The molecule has 3 aromatic rings. The number of furan rings is 1. The van der Waals surface area contributed by atoms with E-state index >= 15 is 0 Å². The standard InChI is InChI=1S/C16H12O4/c1-18-20-16(17)14-12-9-5-6-10-13(12)19-15(14)11-7-3-2-4-8-11/h2-10H,1H3. The summed E-state index contributed by atoms with van der Waals surface area (Å²) in [4.78, 5) is 21.2. The lowest BCUT2D eigenvalue weighted by Gasteiger charge is -2.01. The number of para-hydroxylation sites is 1. The van der Waals surface area contributed by atoms with Crippen LogP contribution < -0.4 is 0 Å². The minimum Gasteiger partial charge on any atom is -0.455 e. The second kappa shape index (κ2) is 5.19. The van der Waals surface area contributed by atoms with E-state index in [-0.39, 0.29) is 0 Å². The maximum atomic E-state index is 12.1. The van der Waals surface area contributed by atoms with Crippen molar-refractivity contribution in [2.24, 2.45) is 0 Å². The van der Waals surface area contributed by atoms with Crippen molar-refractivity contribution in [2.45, 2.75) is 0 Å². The van der Waals surface area contributed by atoms with Gasteiger partial charge in [-0.25, -0.2) is 4.79 Å². The second-order valence-electron chi connectivity index (χ2n) is 4.21. The molecular weight excluding hydrogens is 256 g/mol. The molecule has 0 atom stereocenters. The van der Waals surface area contributed by atoms with Gasteiger partial charge in [0.25, 0.3) is 0 Å². The third-order valence-corrected chi connectivity index (χ3v) is 2.99. The lowest BCUT2D eigenvalue weighted by molar-refractivity contribution is -0.216. The molecule has 0 unspecified atom stereocenters. The highest BCUT2D eigenvalue weighted by atomic mass is 17.2. The first-order valence-corrected chi connectivity index (χ1v) is 6.13. The summed E-state index contributed by atoms with van der Waals surface area (Å²) in [6, 6.07) is 16.7. The zero-order chi connectivity index (χ0) is 13.9. The molecule has 0 fully saturated rings. The highest BCUT2D eigenvalue weighted by Crippen LogP contribution is 2.33. The van der Waals surface area contributed by atoms with Crippen LogP contribution in [0.5, 0.6) is 0 Å². The molecule has 0 aliphatic heterocycles. The molecule has 0 radical (unpaired) electrons. The summed E-state index contributed by atoms with van der Waals surface area (Å²) in [5, 5.41) is 0.702. The van der Waals surface area contributed by atoms with Crippen LogP contribution in [-0.2, 0) is 9.78 Å². The van der Waals surface area contributed by atoms with Gasteiger partial charge in [0.2, 0.25) is 0 Å². The quantitative estimate of drug-likeness (QED) is 0.535. The van der Waals surface area contributed by atoms with Crippen LogP contribution in [0.15, 0.2) is 59.0 Å². The summed E-state index contributed by atoms with van der Waals surface area (Å²) < 4.78 is 5.80. The summed E-state index contributed by atoms with van der Waals surface area (Å²) in [7, 11) is 1.29. The van der Waals surface area contributed by atoms with Crippen molar-refractivity contribution in [3.05, 3.63) is 60.2 Å².